The van der Waals surface area contributed by atoms with Crippen LogP contribution in [0.1, 0.15) is 12.5 Å². The van der Waals surface area contributed by atoms with Gasteiger partial charge in [0.25, 0.3) is 0 Å². The summed E-state index contributed by atoms with van der Waals surface area (Å²) in [5.74, 6) is -0.162. The van der Waals surface area contributed by atoms with Gasteiger partial charge in [-0.25, -0.2) is 0 Å². The van der Waals surface area contributed by atoms with Gasteiger partial charge in [0.15, 0.2) is 9.52 Å². The van der Waals surface area contributed by atoms with E-state index in [1.165, 1.54) is 10.8 Å². The fourth-order valence-electron chi connectivity index (χ4n) is 1.32. The lowest BCUT2D eigenvalue weighted by atomic mass is 10.1. The van der Waals surface area contributed by atoms with Crippen molar-refractivity contribution in [2.75, 3.05) is 14.2 Å². The highest BCUT2D eigenvalue weighted by Crippen LogP contribution is 2.08. The third-order valence-electron chi connectivity index (χ3n) is 2.09. The number of rotatable bonds is 5. The first-order chi connectivity index (χ1) is 7.19. The summed E-state index contributed by atoms with van der Waals surface area (Å²) in [4.78, 5) is 0. The van der Waals surface area contributed by atoms with Crippen molar-refractivity contribution < 1.29 is 9.47 Å². The summed E-state index contributed by atoms with van der Waals surface area (Å²) in [7, 11) is 3.80. The third-order valence-corrected chi connectivity index (χ3v) is 3.54. The van der Waals surface area contributed by atoms with Gasteiger partial charge < -0.3 is 9.47 Å². The fourth-order valence-corrected chi connectivity index (χ4v) is 2.46. The van der Waals surface area contributed by atoms with E-state index in [1.807, 2.05) is 19.1 Å². The van der Waals surface area contributed by atoms with E-state index in [2.05, 4.69) is 18.7 Å². The Balaban J connectivity index is 2.88. The molecule has 80 valence electrons. The summed E-state index contributed by atoms with van der Waals surface area (Å²) in [6, 6.07) is 8.21. The standard InChI is InChI=1S/C12H16O2Si/c1-9(2)10-7-5-6-8-11(10)15-12(13-3)14-4/h5-8,12H,1H2,2-4H3. The van der Waals surface area contributed by atoms with Gasteiger partial charge in [-0.3, -0.25) is 0 Å². The second-order valence-electron chi connectivity index (χ2n) is 3.27. The van der Waals surface area contributed by atoms with E-state index >= 15 is 0 Å². The largest absolute Gasteiger partial charge is 0.360 e. The lowest BCUT2D eigenvalue weighted by molar-refractivity contribution is -0.0429. The van der Waals surface area contributed by atoms with Gasteiger partial charge in [0, 0.05) is 14.2 Å². The van der Waals surface area contributed by atoms with Crippen molar-refractivity contribution in [2.24, 2.45) is 0 Å². The molecule has 15 heavy (non-hydrogen) atoms. The molecule has 0 spiro atoms. The van der Waals surface area contributed by atoms with E-state index in [4.69, 9.17) is 9.47 Å². The quantitative estimate of drug-likeness (QED) is 0.554. The molecule has 2 nitrogen and oxygen atoms in total. The zero-order valence-corrected chi connectivity index (χ0v) is 10.4. The number of allylic oxidation sites excluding steroid dienone is 1. The summed E-state index contributed by atoms with van der Waals surface area (Å²) in [5.41, 5.74) is 2.26. The maximum absolute atomic E-state index is 5.20. The van der Waals surface area contributed by atoms with Crippen LogP contribution < -0.4 is 5.19 Å². The predicted molar refractivity (Wildman–Crippen MR) is 64.3 cm³/mol. The van der Waals surface area contributed by atoms with Crippen molar-refractivity contribution in [3.8, 4) is 0 Å². The molecule has 0 bridgehead atoms. The second kappa shape index (κ2) is 5.85. The van der Waals surface area contributed by atoms with Gasteiger partial charge in [-0.1, -0.05) is 41.6 Å². The molecule has 1 aromatic rings. The summed E-state index contributed by atoms with van der Waals surface area (Å²) in [6.45, 7) is 5.98. The molecule has 0 aliphatic carbocycles. The van der Waals surface area contributed by atoms with Crippen molar-refractivity contribution >= 4 is 20.3 Å². The molecule has 0 N–H and O–H groups in total. The van der Waals surface area contributed by atoms with Crippen LogP contribution in [-0.4, -0.2) is 29.7 Å². The number of ether oxygens (including phenoxy) is 2. The van der Waals surface area contributed by atoms with Crippen molar-refractivity contribution in [2.45, 2.75) is 12.8 Å². The lowest BCUT2D eigenvalue weighted by Crippen LogP contribution is -2.32. The Morgan fingerprint density at radius 2 is 1.87 bits per heavy atom. The van der Waals surface area contributed by atoms with Gasteiger partial charge >= 0.3 is 0 Å². The van der Waals surface area contributed by atoms with Crippen LogP contribution in [0.4, 0.5) is 0 Å². The molecule has 0 unspecified atom stereocenters. The molecule has 0 aliphatic rings. The average molecular weight is 220 g/mol. The molecule has 0 amide bonds. The van der Waals surface area contributed by atoms with Crippen LogP contribution in [0.5, 0.6) is 0 Å². The van der Waals surface area contributed by atoms with Crippen LogP contribution in [0, 0.1) is 0 Å². The normalized spacial score (nSPS) is 10.7. The van der Waals surface area contributed by atoms with Crippen molar-refractivity contribution in [3.63, 3.8) is 0 Å². The zero-order chi connectivity index (χ0) is 11.3. The molecule has 0 fully saturated rings. The molecule has 0 saturated heterocycles. The van der Waals surface area contributed by atoms with E-state index in [0.717, 1.165) is 5.57 Å². The first kappa shape index (κ1) is 12.2. The van der Waals surface area contributed by atoms with Gasteiger partial charge in [0.2, 0.25) is 0 Å². The molecule has 3 heteroatoms. The van der Waals surface area contributed by atoms with Crippen molar-refractivity contribution in [1.29, 1.82) is 0 Å². The Kier molecular flexibility index (Phi) is 4.75. The van der Waals surface area contributed by atoms with Crippen LogP contribution in [0.2, 0.25) is 0 Å². The highest BCUT2D eigenvalue weighted by Gasteiger charge is 2.11. The van der Waals surface area contributed by atoms with Crippen LogP contribution in [0.3, 0.4) is 0 Å². The minimum absolute atomic E-state index is 0.162. The minimum atomic E-state index is -0.162. The summed E-state index contributed by atoms with van der Waals surface area (Å²) in [5, 5.41) is 1.23. The number of hydrogen-bond donors (Lipinski definition) is 0. The van der Waals surface area contributed by atoms with Crippen LogP contribution >= 0.6 is 0 Å². The molecular weight excluding hydrogens is 204 g/mol. The van der Waals surface area contributed by atoms with Crippen LogP contribution in [0.15, 0.2) is 30.8 Å². The van der Waals surface area contributed by atoms with Crippen LogP contribution in [-0.2, 0) is 9.47 Å². The zero-order valence-electron chi connectivity index (χ0n) is 9.41. The highest BCUT2D eigenvalue weighted by molar-refractivity contribution is 6.55. The lowest BCUT2D eigenvalue weighted by Gasteiger charge is -2.14. The van der Waals surface area contributed by atoms with Crippen molar-refractivity contribution in [1.82, 2.24) is 0 Å². The maximum Gasteiger partial charge on any atom is 0.157 e. The maximum atomic E-state index is 5.20. The minimum Gasteiger partial charge on any atom is -0.360 e. The molecule has 0 aliphatic heterocycles. The first-order valence-electron chi connectivity index (χ1n) is 4.76. The monoisotopic (exact) mass is 220 g/mol. The van der Waals surface area contributed by atoms with Gasteiger partial charge in [-0.05, 0) is 12.5 Å². The fraction of sp³-hybridized carbons (Fsp3) is 0.333. The second-order valence-corrected chi connectivity index (χ2v) is 4.57. The Morgan fingerprint density at radius 1 is 1.27 bits per heavy atom. The number of methoxy groups -OCH3 is 2. The first-order valence-corrected chi connectivity index (χ1v) is 5.83. The van der Waals surface area contributed by atoms with Gasteiger partial charge in [-0.2, -0.15) is 0 Å². The third kappa shape index (κ3) is 3.30. The average Bonchev–Trinajstić information content (AvgIpc) is 2.26. The molecule has 1 aromatic carbocycles. The molecule has 0 saturated carbocycles. The Hall–Kier alpha value is -0.903. The van der Waals surface area contributed by atoms with Crippen molar-refractivity contribution in [3.05, 3.63) is 36.4 Å². The molecule has 0 heterocycles. The van der Waals surface area contributed by atoms with Gasteiger partial charge in [0.05, 0.1) is 0 Å². The summed E-state index contributed by atoms with van der Waals surface area (Å²) in [6.07, 6.45) is 0. The highest BCUT2D eigenvalue weighted by atomic mass is 28.2. The van der Waals surface area contributed by atoms with E-state index in [-0.39, 0.29) is 5.91 Å². The van der Waals surface area contributed by atoms with Gasteiger partial charge in [0.1, 0.15) is 5.91 Å². The SMILES string of the molecule is C=C(C)c1ccccc1[Si]C(OC)OC. The topological polar surface area (TPSA) is 18.5 Å². The van der Waals surface area contributed by atoms with E-state index in [1.54, 1.807) is 14.2 Å². The molecule has 1 rings (SSSR count). The molecule has 2 radical (unpaired) electrons. The van der Waals surface area contributed by atoms with E-state index < -0.39 is 0 Å². The van der Waals surface area contributed by atoms with Gasteiger partial charge in [-0.15, -0.1) is 0 Å². The molecule has 0 atom stereocenters. The molecular formula is C12H16O2Si. The predicted octanol–water partition coefficient (Wildman–Crippen LogP) is 1.63. The number of benzene rings is 1. The Bertz CT molecular complexity index is 332. The van der Waals surface area contributed by atoms with E-state index in [9.17, 15) is 0 Å². The Labute approximate surface area is 93.7 Å². The molecule has 0 aromatic heterocycles. The van der Waals surface area contributed by atoms with Crippen LogP contribution in [0.25, 0.3) is 5.57 Å². The summed E-state index contributed by atoms with van der Waals surface area (Å²) >= 11 is 0. The number of hydrogen-bond acceptors (Lipinski definition) is 2. The smallest absolute Gasteiger partial charge is 0.157 e. The Morgan fingerprint density at radius 3 is 2.40 bits per heavy atom. The summed E-state index contributed by atoms with van der Waals surface area (Å²) < 4.78 is 10.4. The van der Waals surface area contributed by atoms with E-state index in [0.29, 0.717) is 9.52 Å².